The van der Waals surface area contributed by atoms with E-state index in [1.807, 2.05) is 0 Å². The first-order valence-electron chi connectivity index (χ1n) is 7.00. The maximum Gasteiger partial charge on any atom is 0.110 e. The molecule has 2 fully saturated rings. The summed E-state index contributed by atoms with van der Waals surface area (Å²) >= 11 is 0. The minimum absolute atomic E-state index is 0.332. The summed E-state index contributed by atoms with van der Waals surface area (Å²) in [5.41, 5.74) is 5.90. The van der Waals surface area contributed by atoms with E-state index in [1.165, 1.54) is 19.3 Å². The predicted molar refractivity (Wildman–Crippen MR) is 66.7 cm³/mol. The summed E-state index contributed by atoms with van der Waals surface area (Å²) in [5, 5.41) is 39.1. The van der Waals surface area contributed by atoms with Gasteiger partial charge in [0.15, 0.2) is 0 Å². The van der Waals surface area contributed by atoms with Crippen LogP contribution in [0, 0.1) is 11.8 Å². The van der Waals surface area contributed by atoms with Crippen molar-refractivity contribution in [3.63, 3.8) is 0 Å². The summed E-state index contributed by atoms with van der Waals surface area (Å²) < 4.78 is 0. The molecular weight excluding hydrogens is 234 g/mol. The number of rotatable bonds is 2. The number of aliphatic hydroxyl groups excluding tert-OH is 4. The normalized spacial score (nSPS) is 47.2. The number of nitrogens with two attached hydrogens (primary N) is 1. The van der Waals surface area contributed by atoms with Crippen LogP contribution in [0.5, 0.6) is 0 Å². The summed E-state index contributed by atoms with van der Waals surface area (Å²) in [5.74, 6) is 0.181. The van der Waals surface area contributed by atoms with Gasteiger partial charge < -0.3 is 26.2 Å². The molecule has 0 heterocycles. The maximum atomic E-state index is 10.0. The van der Waals surface area contributed by atoms with Crippen LogP contribution in [0.4, 0.5) is 0 Å². The number of hydrogen-bond acceptors (Lipinski definition) is 5. The zero-order valence-corrected chi connectivity index (χ0v) is 10.7. The van der Waals surface area contributed by atoms with Crippen molar-refractivity contribution < 1.29 is 20.4 Å². The molecule has 0 bridgehead atoms. The molecule has 106 valence electrons. The van der Waals surface area contributed by atoms with Crippen molar-refractivity contribution in [1.29, 1.82) is 0 Å². The number of aliphatic hydroxyl groups is 4. The van der Waals surface area contributed by atoms with Gasteiger partial charge in [0.2, 0.25) is 0 Å². The molecule has 6 N–H and O–H groups in total. The van der Waals surface area contributed by atoms with E-state index in [-0.39, 0.29) is 5.92 Å². The van der Waals surface area contributed by atoms with Crippen molar-refractivity contribution in [2.75, 3.05) is 0 Å². The molecule has 0 aromatic rings. The minimum Gasteiger partial charge on any atom is -0.390 e. The summed E-state index contributed by atoms with van der Waals surface area (Å²) in [4.78, 5) is 0. The zero-order chi connectivity index (χ0) is 13.3. The highest BCUT2D eigenvalue weighted by atomic mass is 16.4. The van der Waals surface area contributed by atoms with Crippen LogP contribution in [-0.4, -0.2) is 50.9 Å². The average Bonchev–Trinajstić information content (AvgIpc) is 2.40. The third-order valence-electron chi connectivity index (χ3n) is 4.71. The first-order valence-corrected chi connectivity index (χ1v) is 7.00. The Kier molecular flexibility index (Phi) is 4.61. The molecule has 0 amide bonds. The van der Waals surface area contributed by atoms with E-state index in [1.54, 1.807) is 0 Å². The second kappa shape index (κ2) is 5.84. The Morgan fingerprint density at radius 1 is 0.778 bits per heavy atom. The van der Waals surface area contributed by atoms with Crippen LogP contribution in [0.3, 0.4) is 0 Å². The molecule has 0 aromatic heterocycles. The molecule has 6 atom stereocenters. The Morgan fingerprint density at radius 2 is 1.33 bits per heavy atom. The zero-order valence-electron chi connectivity index (χ0n) is 10.7. The second-order valence-electron chi connectivity index (χ2n) is 5.94. The Balaban J connectivity index is 2.00. The fraction of sp³-hybridized carbons (Fsp3) is 1.00. The van der Waals surface area contributed by atoms with Gasteiger partial charge >= 0.3 is 0 Å². The van der Waals surface area contributed by atoms with Crippen LogP contribution in [0.2, 0.25) is 0 Å². The first kappa shape index (κ1) is 14.2. The van der Waals surface area contributed by atoms with E-state index in [9.17, 15) is 20.4 Å². The van der Waals surface area contributed by atoms with Crippen molar-refractivity contribution in [2.24, 2.45) is 17.6 Å². The molecule has 18 heavy (non-hydrogen) atoms. The molecule has 2 aliphatic rings. The van der Waals surface area contributed by atoms with E-state index in [2.05, 4.69) is 0 Å². The highest BCUT2D eigenvalue weighted by molar-refractivity contribution is 5.00. The Labute approximate surface area is 108 Å². The van der Waals surface area contributed by atoms with E-state index in [4.69, 9.17) is 5.73 Å². The number of hydrogen-bond donors (Lipinski definition) is 5. The van der Waals surface area contributed by atoms with Crippen molar-refractivity contribution in [2.45, 2.75) is 69.0 Å². The molecule has 2 aliphatic carbocycles. The topological polar surface area (TPSA) is 107 Å². The Bertz CT molecular complexity index is 254. The third-order valence-corrected chi connectivity index (χ3v) is 4.71. The van der Waals surface area contributed by atoms with Crippen molar-refractivity contribution in [3.05, 3.63) is 0 Å². The summed E-state index contributed by atoms with van der Waals surface area (Å²) in [7, 11) is 0. The molecule has 5 heteroatoms. The highest BCUT2D eigenvalue weighted by Crippen LogP contribution is 2.35. The molecule has 0 unspecified atom stereocenters. The van der Waals surface area contributed by atoms with Gasteiger partial charge in [-0.2, -0.15) is 0 Å². The molecule has 0 spiro atoms. The van der Waals surface area contributed by atoms with E-state index in [0.717, 1.165) is 19.3 Å². The fourth-order valence-corrected chi connectivity index (χ4v) is 3.47. The van der Waals surface area contributed by atoms with Gasteiger partial charge in [-0.15, -0.1) is 0 Å². The quantitative estimate of drug-likeness (QED) is 0.453. The molecule has 0 aromatic carbocycles. The summed E-state index contributed by atoms with van der Waals surface area (Å²) in [6, 6.07) is -0.666. The van der Waals surface area contributed by atoms with Crippen molar-refractivity contribution in [3.8, 4) is 0 Å². The molecule has 0 aliphatic heterocycles. The van der Waals surface area contributed by atoms with Gasteiger partial charge in [-0.3, -0.25) is 0 Å². The van der Waals surface area contributed by atoms with Crippen LogP contribution in [0.15, 0.2) is 0 Å². The van der Waals surface area contributed by atoms with Crippen molar-refractivity contribution in [1.82, 2.24) is 0 Å². The monoisotopic (exact) mass is 259 g/mol. The average molecular weight is 259 g/mol. The van der Waals surface area contributed by atoms with E-state index < -0.39 is 30.5 Å². The highest BCUT2D eigenvalue weighted by Gasteiger charge is 2.47. The smallest absolute Gasteiger partial charge is 0.110 e. The van der Waals surface area contributed by atoms with Crippen LogP contribution in [-0.2, 0) is 0 Å². The van der Waals surface area contributed by atoms with Gasteiger partial charge in [-0.1, -0.05) is 32.1 Å². The Hall–Kier alpha value is -0.200. The van der Waals surface area contributed by atoms with Gasteiger partial charge in [0.25, 0.3) is 0 Å². The van der Waals surface area contributed by atoms with Crippen LogP contribution in [0.25, 0.3) is 0 Å². The van der Waals surface area contributed by atoms with Crippen LogP contribution >= 0.6 is 0 Å². The van der Waals surface area contributed by atoms with Crippen LogP contribution < -0.4 is 5.73 Å². The van der Waals surface area contributed by atoms with Gasteiger partial charge in [0, 0.05) is 12.0 Å². The van der Waals surface area contributed by atoms with Gasteiger partial charge in [-0.25, -0.2) is 0 Å². The standard InChI is InChI=1S/C13H25NO4/c14-9-8(6-7-4-2-1-3-5-7)10(15)12(17)13(18)11(9)16/h7-13,15-18H,1-6,14H2/t8-,9-,10-,11+,12+,13+/m1/s1. The van der Waals surface area contributed by atoms with E-state index >= 15 is 0 Å². The van der Waals surface area contributed by atoms with Crippen molar-refractivity contribution >= 4 is 0 Å². The summed E-state index contributed by atoms with van der Waals surface area (Å²) in [6.45, 7) is 0. The molecule has 0 radical (unpaired) electrons. The molecule has 2 rings (SSSR count). The van der Waals surface area contributed by atoms with Gasteiger partial charge in [0.1, 0.15) is 12.2 Å². The Morgan fingerprint density at radius 3 is 1.94 bits per heavy atom. The molecule has 5 nitrogen and oxygen atoms in total. The van der Waals surface area contributed by atoms with Gasteiger partial charge in [0.05, 0.1) is 12.2 Å². The third kappa shape index (κ3) is 2.70. The lowest BCUT2D eigenvalue weighted by Gasteiger charge is -2.44. The predicted octanol–water partition coefficient (Wildman–Crippen LogP) is -0.643. The molecular formula is C13H25NO4. The van der Waals surface area contributed by atoms with E-state index in [0.29, 0.717) is 5.92 Å². The second-order valence-corrected chi connectivity index (χ2v) is 5.94. The van der Waals surface area contributed by atoms with Gasteiger partial charge in [-0.05, 0) is 12.3 Å². The summed E-state index contributed by atoms with van der Waals surface area (Å²) in [6.07, 6.45) is 1.81. The lowest BCUT2D eigenvalue weighted by atomic mass is 9.71. The largest absolute Gasteiger partial charge is 0.390 e. The maximum absolute atomic E-state index is 10.0. The first-order chi connectivity index (χ1) is 8.52. The SMILES string of the molecule is N[C@H]1[C@H](O)[C@H](O)[C@@H](O)[C@H](O)[C@@H]1CC1CCCCC1. The van der Waals surface area contributed by atoms with Crippen LogP contribution in [0.1, 0.15) is 38.5 Å². The lowest BCUT2D eigenvalue weighted by Crippen LogP contribution is -2.64. The minimum atomic E-state index is -1.35. The lowest BCUT2D eigenvalue weighted by molar-refractivity contribution is -0.168. The molecule has 2 saturated carbocycles. The fourth-order valence-electron chi connectivity index (χ4n) is 3.47. The molecule has 0 saturated heterocycles.